The minimum Gasteiger partial charge on any atom is -0.508 e. The maximum atomic E-state index is 12.6. The van der Waals surface area contributed by atoms with Crippen molar-refractivity contribution in [1.29, 1.82) is 0 Å². The van der Waals surface area contributed by atoms with E-state index >= 15 is 0 Å². The van der Waals surface area contributed by atoms with Crippen molar-refractivity contribution in [3.05, 3.63) is 29.3 Å². The summed E-state index contributed by atoms with van der Waals surface area (Å²) in [6, 6.07) is 5.68. The second-order valence-electron chi connectivity index (χ2n) is 13.8. The SMILES string of the molecule is CC12CCC3c4ccc(O)cc4C(O)CC3C1CCC21CC1.CCCCCCCCCSCCCC(F)(F)C(F)(F)F.CO. The largest absolute Gasteiger partial charge is 0.508 e. The van der Waals surface area contributed by atoms with Gasteiger partial charge in [-0.2, -0.15) is 33.7 Å². The molecule has 0 radical (unpaired) electrons. The number of phenolic OH excluding ortho intramolecular Hbond substituents is 1. The number of thioether (sulfide) groups is 1. The highest BCUT2D eigenvalue weighted by atomic mass is 32.2. The van der Waals surface area contributed by atoms with Gasteiger partial charge in [0, 0.05) is 13.5 Å². The molecule has 254 valence electrons. The van der Waals surface area contributed by atoms with Gasteiger partial charge in [0.2, 0.25) is 0 Å². The van der Waals surface area contributed by atoms with Crippen LogP contribution in [0.25, 0.3) is 0 Å². The van der Waals surface area contributed by atoms with Crippen molar-refractivity contribution < 1.29 is 37.3 Å². The average Bonchev–Trinajstić information content (AvgIpc) is 3.72. The molecular weight excluding hydrogens is 595 g/mol. The lowest BCUT2D eigenvalue weighted by molar-refractivity contribution is -0.284. The van der Waals surface area contributed by atoms with Crippen molar-refractivity contribution >= 4 is 11.8 Å². The number of fused-ring (bicyclic) bond motifs is 6. The fourth-order valence-electron chi connectivity index (χ4n) is 8.58. The van der Waals surface area contributed by atoms with Crippen LogP contribution in [0.1, 0.15) is 140 Å². The fourth-order valence-corrected chi connectivity index (χ4v) is 9.54. The molecular formula is C35H55F5O3S. The summed E-state index contributed by atoms with van der Waals surface area (Å²) in [5, 5.41) is 27.4. The molecule has 4 aliphatic carbocycles. The summed E-state index contributed by atoms with van der Waals surface area (Å²) in [6.45, 7) is 4.73. The van der Waals surface area contributed by atoms with Gasteiger partial charge in [0.15, 0.2) is 0 Å². The van der Waals surface area contributed by atoms with Gasteiger partial charge in [-0.3, -0.25) is 0 Å². The highest BCUT2D eigenvalue weighted by Crippen LogP contribution is 2.76. The van der Waals surface area contributed by atoms with Crippen LogP contribution in [-0.2, 0) is 0 Å². The highest BCUT2D eigenvalue weighted by Gasteiger charge is 2.66. The molecule has 0 bridgehead atoms. The lowest BCUT2D eigenvalue weighted by Gasteiger charge is -2.52. The molecule has 0 saturated heterocycles. The molecule has 5 rings (SSSR count). The Kier molecular flexibility index (Phi) is 13.7. The van der Waals surface area contributed by atoms with E-state index in [1.807, 2.05) is 0 Å². The number of phenols is 1. The zero-order chi connectivity index (χ0) is 32.6. The van der Waals surface area contributed by atoms with Gasteiger partial charge in [0.25, 0.3) is 0 Å². The van der Waals surface area contributed by atoms with E-state index in [-0.39, 0.29) is 18.3 Å². The second kappa shape index (κ2) is 16.2. The highest BCUT2D eigenvalue weighted by molar-refractivity contribution is 7.99. The summed E-state index contributed by atoms with van der Waals surface area (Å²) in [4.78, 5) is 0. The quantitative estimate of drug-likeness (QED) is 0.156. The first-order chi connectivity index (χ1) is 20.9. The minimum absolute atomic E-state index is 0.0896. The Labute approximate surface area is 265 Å². The minimum atomic E-state index is -5.41. The van der Waals surface area contributed by atoms with Gasteiger partial charge in [-0.15, -0.1) is 0 Å². The molecule has 3 N–H and O–H groups in total. The summed E-state index contributed by atoms with van der Waals surface area (Å²) in [5.74, 6) is -0.975. The van der Waals surface area contributed by atoms with Gasteiger partial charge >= 0.3 is 12.1 Å². The molecule has 0 heterocycles. The van der Waals surface area contributed by atoms with Crippen molar-refractivity contribution in [2.24, 2.45) is 22.7 Å². The van der Waals surface area contributed by atoms with Crippen molar-refractivity contribution in [1.82, 2.24) is 0 Å². The molecule has 1 spiro atoms. The number of aromatic hydroxyl groups is 1. The van der Waals surface area contributed by atoms with Crippen LogP contribution in [0.3, 0.4) is 0 Å². The van der Waals surface area contributed by atoms with Crippen LogP contribution in [0.5, 0.6) is 5.75 Å². The maximum Gasteiger partial charge on any atom is 0.453 e. The molecule has 3 saturated carbocycles. The van der Waals surface area contributed by atoms with Gasteiger partial charge in [0.1, 0.15) is 5.75 Å². The standard InChI is InChI=1S/C20H26O2.C14H25F5S.CH4O/c1-19-6-4-14-13-3-2-12(21)10-16(13)18(22)11-15(14)17(19)5-7-20(19)8-9-20;1-2-3-4-5-6-7-8-11-20-12-9-10-13(15,16)14(17,18)19;1-2/h2-3,10,14-15,17-18,21-22H,4-9,11H2,1H3;2-12H2,1H3;2H,1H3. The molecule has 5 atom stereocenters. The lowest BCUT2D eigenvalue weighted by atomic mass is 9.53. The van der Waals surface area contributed by atoms with E-state index in [0.29, 0.717) is 28.4 Å². The first-order valence-corrected chi connectivity index (χ1v) is 18.0. The van der Waals surface area contributed by atoms with Crippen LogP contribution < -0.4 is 0 Å². The molecule has 9 heteroatoms. The number of benzene rings is 1. The zero-order valence-electron chi connectivity index (χ0n) is 26.9. The number of hydrogen-bond acceptors (Lipinski definition) is 4. The van der Waals surface area contributed by atoms with E-state index in [9.17, 15) is 32.2 Å². The van der Waals surface area contributed by atoms with Crippen LogP contribution in [0, 0.1) is 22.7 Å². The fraction of sp³-hybridized carbons (Fsp3) is 0.829. The molecule has 44 heavy (non-hydrogen) atoms. The first kappa shape index (κ1) is 37.4. The molecule has 0 aromatic heterocycles. The van der Waals surface area contributed by atoms with Crippen LogP contribution >= 0.6 is 11.8 Å². The first-order valence-electron chi connectivity index (χ1n) is 16.8. The monoisotopic (exact) mass is 650 g/mol. The number of aliphatic hydroxyl groups is 2. The smallest absolute Gasteiger partial charge is 0.453 e. The zero-order valence-corrected chi connectivity index (χ0v) is 27.7. The van der Waals surface area contributed by atoms with Crippen molar-refractivity contribution in [3.8, 4) is 5.75 Å². The predicted molar refractivity (Wildman–Crippen MR) is 169 cm³/mol. The Morgan fingerprint density at radius 1 is 0.841 bits per heavy atom. The summed E-state index contributed by atoms with van der Waals surface area (Å²) >= 11 is 1.47. The lowest BCUT2D eigenvalue weighted by Crippen LogP contribution is -2.43. The number of unbranched alkanes of at least 4 members (excludes halogenated alkanes) is 6. The van der Waals surface area contributed by atoms with Gasteiger partial charge in [-0.25, -0.2) is 0 Å². The van der Waals surface area contributed by atoms with E-state index in [1.54, 1.807) is 12.1 Å². The third-order valence-electron chi connectivity index (χ3n) is 11.2. The number of halogens is 5. The van der Waals surface area contributed by atoms with Crippen LogP contribution in [0.2, 0.25) is 0 Å². The van der Waals surface area contributed by atoms with E-state index in [2.05, 4.69) is 19.9 Å². The Morgan fingerprint density at radius 2 is 1.48 bits per heavy atom. The van der Waals surface area contributed by atoms with Gasteiger partial charge in [0.05, 0.1) is 6.10 Å². The van der Waals surface area contributed by atoms with Crippen LogP contribution in [-0.4, -0.2) is 46.0 Å². The molecule has 1 aromatic carbocycles. The van der Waals surface area contributed by atoms with E-state index in [1.165, 1.54) is 88.0 Å². The number of rotatable bonds is 12. The van der Waals surface area contributed by atoms with Crippen LogP contribution in [0.15, 0.2) is 18.2 Å². The Bertz CT molecular complexity index is 1010. The Hall–Kier alpha value is -1.06. The van der Waals surface area contributed by atoms with Gasteiger partial charge in [-0.05, 0) is 121 Å². The Morgan fingerprint density at radius 3 is 2.11 bits per heavy atom. The summed E-state index contributed by atoms with van der Waals surface area (Å²) in [7, 11) is 1.00. The van der Waals surface area contributed by atoms with Crippen LogP contribution in [0.4, 0.5) is 22.0 Å². The van der Waals surface area contributed by atoms with E-state index in [0.717, 1.165) is 43.6 Å². The molecule has 1 aromatic rings. The molecule has 0 aliphatic heterocycles. The van der Waals surface area contributed by atoms with E-state index < -0.39 is 18.5 Å². The molecule has 4 aliphatic rings. The van der Waals surface area contributed by atoms with Gasteiger partial charge < -0.3 is 15.3 Å². The normalized spacial score (nSPS) is 28.1. The number of hydrogen-bond donors (Lipinski definition) is 3. The molecule has 3 nitrogen and oxygen atoms in total. The molecule has 3 fully saturated rings. The van der Waals surface area contributed by atoms with Crippen molar-refractivity contribution in [2.75, 3.05) is 18.6 Å². The Balaban J connectivity index is 0.000000230. The topological polar surface area (TPSA) is 60.7 Å². The third-order valence-corrected chi connectivity index (χ3v) is 12.4. The van der Waals surface area contributed by atoms with Crippen molar-refractivity contribution in [3.63, 3.8) is 0 Å². The number of aliphatic hydroxyl groups excluding tert-OH is 2. The summed E-state index contributed by atoms with van der Waals surface area (Å²) < 4.78 is 60.8. The maximum absolute atomic E-state index is 12.6. The average molecular weight is 651 g/mol. The second-order valence-corrected chi connectivity index (χ2v) is 15.0. The predicted octanol–water partition coefficient (Wildman–Crippen LogP) is 10.6. The van der Waals surface area contributed by atoms with Gasteiger partial charge in [-0.1, -0.05) is 58.4 Å². The molecule has 0 amide bonds. The summed E-state index contributed by atoms with van der Waals surface area (Å²) in [5.41, 5.74) is 3.51. The van der Waals surface area contributed by atoms with Crippen molar-refractivity contribution in [2.45, 2.75) is 141 Å². The van der Waals surface area contributed by atoms with E-state index in [4.69, 9.17) is 5.11 Å². The molecule has 5 unspecified atom stereocenters. The third kappa shape index (κ3) is 8.64. The summed E-state index contributed by atoms with van der Waals surface area (Å²) in [6.07, 6.45) is 10.5. The number of alkyl halides is 5.